The zero-order valence-electron chi connectivity index (χ0n) is 16.9. The van der Waals surface area contributed by atoms with Crippen LogP contribution in [0.1, 0.15) is 17.5 Å². The average molecular weight is 433 g/mol. The van der Waals surface area contributed by atoms with Crippen LogP contribution < -0.4 is 4.74 Å². The van der Waals surface area contributed by atoms with Gasteiger partial charge in [-0.25, -0.2) is 0 Å². The van der Waals surface area contributed by atoms with Crippen molar-refractivity contribution >= 4 is 11.9 Å². The number of hydrogen-bond acceptors (Lipinski definition) is 4. The maximum absolute atomic E-state index is 12.8. The number of nitrogens with zero attached hydrogens (tertiary/aromatic N) is 1. The summed E-state index contributed by atoms with van der Waals surface area (Å²) in [4.78, 5) is 23.4. The lowest BCUT2D eigenvalue weighted by Gasteiger charge is -2.23. The van der Waals surface area contributed by atoms with Gasteiger partial charge in [-0.3, -0.25) is 9.59 Å². The van der Waals surface area contributed by atoms with E-state index in [-0.39, 0.29) is 32.5 Å². The van der Waals surface area contributed by atoms with Gasteiger partial charge in [-0.15, -0.1) is 0 Å². The third kappa shape index (κ3) is 8.42. The molecule has 0 aromatic heterocycles. The molecule has 2 aromatic rings. The lowest BCUT2D eigenvalue weighted by Crippen LogP contribution is -2.43. The standard InChI is InChI=1S/C23H22F3NO4/c1-30-21(28)14-16-27(22(29)23(24,25)26)15-13-19-9-11-20(12-10-19)31-17-5-8-18-6-3-2-4-7-18/h2-4,6-7,9-12H,13-17H2,1H3. The van der Waals surface area contributed by atoms with Crippen molar-refractivity contribution in [3.63, 3.8) is 0 Å². The highest BCUT2D eigenvalue weighted by atomic mass is 19.4. The molecule has 0 radical (unpaired) electrons. The van der Waals surface area contributed by atoms with Gasteiger partial charge in [0.2, 0.25) is 0 Å². The Morgan fingerprint density at radius 1 is 1.00 bits per heavy atom. The maximum Gasteiger partial charge on any atom is 0.471 e. The zero-order valence-corrected chi connectivity index (χ0v) is 16.9. The van der Waals surface area contributed by atoms with Crippen LogP contribution in [-0.2, 0) is 20.7 Å². The van der Waals surface area contributed by atoms with Crippen molar-refractivity contribution in [2.45, 2.75) is 19.0 Å². The Morgan fingerprint density at radius 2 is 1.68 bits per heavy atom. The van der Waals surface area contributed by atoms with Crippen molar-refractivity contribution in [3.8, 4) is 17.6 Å². The van der Waals surface area contributed by atoms with Crippen LogP contribution in [0.5, 0.6) is 5.75 Å². The first-order chi connectivity index (χ1) is 14.8. The topological polar surface area (TPSA) is 55.8 Å². The van der Waals surface area contributed by atoms with Crippen molar-refractivity contribution in [1.82, 2.24) is 4.90 Å². The summed E-state index contributed by atoms with van der Waals surface area (Å²) >= 11 is 0. The van der Waals surface area contributed by atoms with Gasteiger partial charge in [-0.1, -0.05) is 42.2 Å². The van der Waals surface area contributed by atoms with Crippen LogP contribution in [0.3, 0.4) is 0 Å². The number of carbonyl (C=O) groups is 2. The van der Waals surface area contributed by atoms with Crippen molar-refractivity contribution in [3.05, 3.63) is 65.7 Å². The predicted octanol–water partition coefficient (Wildman–Crippen LogP) is 3.61. The second-order valence-electron chi connectivity index (χ2n) is 6.47. The molecule has 0 spiro atoms. The first-order valence-electron chi connectivity index (χ1n) is 9.48. The number of amides is 1. The normalized spacial score (nSPS) is 10.6. The van der Waals surface area contributed by atoms with Gasteiger partial charge in [0.15, 0.2) is 0 Å². The minimum atomic E-state index is -5.01. The molecule has 0 heterocycles. The molecule has 5 nitrogen and oxygen atoms in total. The smallest absolute Gasteiger partial charge is 0.471 e. The molecule has 0 fully saturated rings. The zero-order chi connectivity index (χ0) is 22.7. The highest BCUT2D eigenvalue weighted by Crippen LogP contribution is 2.19. The van der Waals surface area contributed by atoms with Gasteiger partial charge in [0.25, 0.3) is 0 Å². The second-order valence-corrected chi connectivity index (χ2v) is 6.47. The van der Waals surface area contributed by atoms with Crippen molar-refractivity contribution in [2.24, 2.45) is 0 Å². The van der Waals surface area contributed by atoms with Crippen LogP contribution in [0.15, 0.2) is 54.6 Å². The molecule has 0 aliphatic heterocycles. The van der Waals surface area contributed by atoms with Crippen LogP contribution >= 0.6 is 0 Å². The molecule has 0 atom stereocenters. The Kier molecular flexibility index (Phi) is 8.94. The molecular weight excluding hydrogens is 411 g/mol. The summed E-state index contributed by atoms with van der Waals surface area (Å²) in [5, 5.41) is 0. The molecular formula is C23H22F3NO4. The summed E-state index contributed by atoms with van der Waals surface area (Å²) in [6.45, 7) is -0.361. The Bertz CT molecular complexity index is 916. The van der Waals surface area contributed by atoms with E-state index in [9.17, 15) is 22.8 Å². The molecule has 0 aliphatic rings. The number of esters is 1. The van der Waals surface area contributed by atoms with Gasteiger partial charge >= 0.3 is 18.1 Å². The minimum Gasteiger partial charge on any atom is -0.481 e. The maximum atomic E-state index is 12.8. The first kappa shape index (κ1) is 23.8. The number of hydrogen-bond donors (Lipinski definition) is 0. The number of alkyl halides is 3. The van der Waals surface area contributed by atoms with E-state index >= 15 is 0 Å². The number of carbonyl (C=O) groups excluding carboxylic acids is 2. The van der Waals surface area contributed by atoms with Gasteiger partial charge in [-0.2, -0.15) is 13.2 Å². The molecule has 31 heavy (non-hydrogen) atoms. The molecule has 0 aliphatic carbocycles. The summed E-state index contributed by atoms with van der Waals surface area (Å²) in [5.74, 6) is 3.77. The molecule has 0 saturated carbocycles. The molecule has 0 saturated heterocycles. The Labute approximate surface area is 178 Å². The predicted molar refractivity (Wildman–Crippen MR) is 108 cm³/mol. The van der Waals surface area contributed by atoms with Crippen LogP contribution in [0, 0.1) is 11.8 Å². The summed E-state index contributed by atoms with van der Waals surface area (Å²) in [5.41, 5.74) is 1.60. The fourth-order valence-corrected chi connectivity index (χ4v) is 2.62. The van der Waals surface area contributed by atoms with E-state index in [4.69, 9.17) is 4.74 Å². The van der Waals surface area contributed by atoms with E-state index in [2.05, 4.69) is 16.6 Å². The Morgan fingerprint density at radius 3 is 2.29 bits per heavy atom. The van der Waals surface area contributed by atoms with Gasteiger partial charge in [-0.05, 0) is 36.2 Å². The van der Waals surface area contributed by atoms with Crippen molar-refractivity contribution in [1.29, 1.82) is 0 Å². The van der Waals surface area contributed by atoms with Crippen LogP contribution in [0.2, 0.25) is 0 Å². The summed E-state index contributed by atoms with van der Waals surface area (Å²) in [7, 11) is 1.13. The van der Waals surface area contributed by atoms with Crippen molar-refractivity contribution in [2.75, 3.05) is 26.8 Å². The second kappa shape index (κ2) is 11.6. The average Bonchev–Trinajstić information content (AvgIpc) is 2.77. The lowest BCUT2D eigenvalue weighted by molar-refractivity contribution is -0.185. The number of ether oxygens (including phenoxy) is 2. The Hall–Kier alpha value is -3.47. The van der Waals surface area contributed by atoms with Crippen LogP contribution in [-0.4, -0.2) is 49.8 Å². The van der Waals surface area contributed by atoms with Crippen LogP contribution in [0.25, 0.3) is 0 Å². The number of methoxy groups -OCH3 is 1. The minimum absolute atomic E-state index is 0.182. The molecule has 2 rings (SSSR count). The summed E-state index contributed by atoms with van der Waals surface area (Å²) in [6, 6.07) is 16.2. The van der Waals surface area contributed by atoms with Gasteiger partial charge in [0.1, 0.15) is 12.4 Å². The molecule has 0 unspecified atom stereocenters. The molecule has 0 N–H and O–H groups in total. The van der Waals surface area contributed by atoms with E-state index < -0.39 is 18.1 Å². The van der Waals surface area contributed by atoms with Crippen LogP contribution in [0.4, 0.5) is 13.2 Å². The number of rotatable bonds is 8. The van der Waals surface area contributed by atoms with E-state index in [1.807, 2.05) is 30.3 Å². The highest BCUT2D eigenvalue weighted by molar-refractivity contribution is 5.82. The molecule has 1 amide bonds. The Balaban J connectivity index is 1.88. The van der Waals surface area contributed by atoms with E-state index in [0.29, 0.717) is 10.6 Å². The molecule has 8 heteroatoms. The molecule has 164 valence electrons. The largest absolute Gasteiger partial charge is 0.481 e. The SMILES string of the molecule is COC(=O)CCN(CCc1ccc(OCC#Cc2ccccc2)cc1)C(=O)C(F)(F)F. The lowest BCUT2D eigenvalue weighted by atomic mass is 10.1. The van der Waals surface area contributed by atoms with E-state index in [0.717, 1.165) is 18.2 Å². The fraction of sp³-hybridized carbons (Fsp3) is 0.304. The summed E-state index contributed by atoms with van der Waals surface area (Å²) in [6.07, 6.45) is -5.12. The molecule has 2 aromatic carbocycles. The molecule has 0 bridgehead atoms. The van der Waals surface area contributed by atoms with E-state index in [1.54, 1.807) is 24.3 Å². The monoisotopic (exact) mass is 433 g/mol. The van der Waals surface area contributed by atoms with Crippen molar-refractivity contribution < 1.29 is 32.2 Å². The van der Waals surface area contributed by atoms with Gasteiger partial charge < -0.3 is 14.4 Å². The van der Waals surface area contributed by atoms with Gasteiger partial charge in [0, 0.05) is 18.7 Å². The van der Waals surface area contributed by atoms with E-state index in [1.165, 1.54) is 0 Å². The number of halogens is 3. The summed E-state index contributed by atoms with van der Waals surface area (Å²) < 4.78 is 48.4. The van der Waals surface area contributed by atoms with Gasteiger partial charge in [0.05, 0.1) is 13.5 Å². The quantitative estimate of drug-likeness (QED) is 0.472. The number of benzene rings is 2. The third-order valence-corrected chi connectivity index (χ3v) is 4.25. The highest BCUT2D eigenvalue weighted by Gasteiger charge is 2.42. The first-order valence-corrected chi connectivity index (χ1v) is 9.48. The third-order valence-electron chi connectivity index (χ3n) is 4.25. The fourth-order valence-electron chi connectivity index (χ4n) is 2.62.